The van der Waals surface area contributed by atoms with Crippen LogP contribution in [0.25, 0.3) is 11.0 Å². The third-order valence-electron chi connectivity index (χ3n) is 4.30. The van der Waals surface area contributed by atoms with Crippen molar-refractivity contribution in [2.24, 2.45) is 5.92 Å². The van der Waals surface area contributed by atoms with Gasteiger partial charge >= 0.3 is 0 Å². The topological polar surface area (TPSA) is 46.9 Å². The summed E-state index contributed by atoms with van der Waals surface area (Å²) in [6.07, 6.45) is 6.59. The maximum Gasteiger partial charge on any atom is 0.240 e. The largest absolute Gasteiger partial charge is 0.352 e. The highest BCUT2D eigenvalue weighted by Crippen LogP contribution is 2.23. The minimum atomic E-state index is 0.0897. The van der Waals surface area contributed by atoms with Crippen LogP contribution in [0.5, 0.6) is 0 Å². The molecule has 1 N–H and O–H groups in total. The first-order valence-corrected chi connectivity index (χ1v) is 7.43. The van der Waals surface area contributed by atoms with E-state index in [0.717, 1.165) is 17.5 Å². The zero-order valence-corrected chi connectivity index (χ0v) is 11.9. The number of nitrogens with one attached hydrogen (secondary N) is 1. The van der Waals surface area contributed by atoms with E-state index in [2.05, 4.69) is 17.2 Å². The van der Waals surface area contributed by atoms with E-state index in [4.69, 9.17) is 0 Å². The maximum atomic E-state index is 12.2. The Morgan fingerprint density at radius 2 is 2.15 bits per heavy atom. The Morgan fingerprint density at radius 3 is 3.00 bits per heavy atom. The van der Waals surface area contributed by atoms with E-state index < -0.39 is 0 Å². The summed E-state index contributed by atoms with van der Waals surface area (Å²) in [5.74, 6) is 0.680. The predicted octanol–water partition coefficient (Wildman–Crippen LogP) is 2.73. The van der Waals surface area contributed by atoms with Gasteiger partial charge in [0.1, 0.15) is 6.54 Å². The van der Waals surface area contributed by atoms with E-state index in [1.165, 1.54) is 19.3 Å². The van der Waals surface area contributed by atoms with Crippen LogP contribution in [0, 0.1) is 5.92 Å². The third kappa shape index (κ3) is 2.69. The number of carbonyl (C=O) groups excluding carboxylic acids is 1. The fourth-order valence-corrected chi connectivity index (χ4v) is 3.07. The molecule has 0 saturated heterocycles. The number of benzene rings is 1. The van der Waals surface area contributed by atoms with Crippen molar-refractivity contribution in [3.63, 3.8) is 0 Å². The lowest BCUT2D eigenvalue weighted by Crippen LogP contribution is -2.42. The molecule has 1 aliphatic carbocycles. The molecule has 0 spiro atoms. The van der Waals surface area contributed by atoms with Gasteiger partial charge in [0, 0.05) is 6.04 Å². The maximum absolute atomic E-state index is 12.2. The number of para-hydroxylation sites is 2. The van der Waals surface area contributed by atoms with Crippen molar-refractivity contribution in [2.45, 2.75) is 45.2 Å². The van der Waals surface area contributed by atoms with E-state index >= 15 is 0 Å². The van der Waals surface area contributed by atoms with E-state index in [-0.39, 0.29) is 5.91 Å². The summed E-state index contributed by atoms with van der Waals surface area (Å²) in [5, 5.41) is 3.18. The van der Waals surface area contributed by atoms with Crippen LogP contribution in [0.1, 0.15) is 32.6 Å². The van der Waals surface area contributed by atoms with Crippen molar-refractivity contribution >= 4 is 16.9 Å². The molecule has 1 saturated carbocycles. The number of imidazole rings is 1. The Kier molecular flexibility index (Phi) is 3.72. The summed E-state index contributed by atoms with van der Waals surface area (Å²) in [6, 6.07) is 8.24. The standard InChI is InChI=1S/C16H21N3O/c1-12-6-2-3-7-13(12)18-16(20)10-19-11-17-14-8-4-5-9-15(14)19/h4-5,8-9,11-13H,2-3,6-7,10H2,1H3,(H,18,20). The average Bonchev–Trinajstić information content (AvgIpc) is 2.85. The second kappa shape index (κ2) is 5.65. The molecule has 1 aliphatic rings. The summed E-state index contributed by atoms with van der Waals surface area (Å²) in [6.45, 7) is 2.58. The number of fused-ring (bicyclic) bond motifs is 1. The second-order valence-electron chi connectivity index (χ2n) is 5.80. The number of hydrogen-bond acceptors (Lipinski definition) is 2. The molecule has 4 nitrogen and oxygen atoms in total. The summed E-state index contributed by atoms with van der Waals surface area (Å²) < 4.78 is 1.91. The number of carbonyl (C=O) groups is 1. The van der Waals surface area contributed by atoms with Crippen molar-refractivity contribution in [1.82, 2.24) is 14.9 Å². The zero-order chi connectivity index (χ0) is 13.9. The summed E-state index contributed by atoms with van der Waals surface area (Å²) in [5.41, 5.74) is 1.95. The molecule has 1 amide bonds. The number of nitrogens with zero attached hydrogens (tertiary/aromatic N) is 2. The second-order valence-corrected chi connectivity index (χ2v) is 5.80. The lowest BCUT2D eigenvalue weighted by atomic mass is 9.86. The van der Waals surface area contributed by atoms with Gasteiger partial charge in [-0.05, 0) is 30.9 Å². The van der Waals surface area contributed by atoms with Gasteiger partial charge in [-0.1, -0.05) is 31.9 Å². The summed E-state index contributed by atoms with van der Waals surface area (Å²) in [7, 11) is 0. The van der Waals surface area contributed by atoms with Gasteiger partial charge in [-0.2, -0.15) is 0 Å². The minimum Gasteiger partial charge on any atom is -0.352 e. The van der Waals surface area contributed by atoms with Crippen LogP contribution in [-0.4, -0.2) is 21.5 Å². The Hall–Kier alpha value is -1.84. The van der Waals surface area contributed by atoms with Gasteiger partial charge in [0.05, 0.1) is 17.4 Å². The molecule has 3 rings (SSSR count). The molecule has 4 heteroatoms. The van der Waals surface area contributed by atoms with Crippen molar-refractivity contribution in [3.8, 4) is 0 Å². The Morgan fingerprint density at radius 1 is 1.35 bits per heavy atom. The summed E-state index contributed by atoms with van der Waals surface area (Å²) >= 11 is 0. The molecule has 2 atom stereocenters. The van der Waals surface area contributed by atoms with Gasteiger partial charge in [0.2, 0.25) is 5.91 Å². The highest BCUT2D eigenvalue weighted by Gasteiger charge is 2.22. The lowest BCUT2D eigenvalue weighted by Gasteiger charge is -2.29. The smallest absolute Gasteiger partial charge is 0.240 e. The van der Waals surface area contributed by atoms with E-state index in [0.29, 0.717) is 18.5 Å². The first-order chi connectivity index (χ1) is 9.74. The normalized spacial score (nSPS) is 22.9. The molecule has 2 unspecified atom stereocenters. The highest BCUT2D eigenvalue weighted by atomic mass is 16.2. The minimum absolute atomic E-state index is 0.0897. The van der Waals surface area contributed by atoms with Crippen molar-refractivity contribution in [2.75, 3.05) is 0 Å². The van der Waals surface area contributed by atoms with Gasteiger partial charge in [-0.3, -0.25) is 4.79 Å². The Bertz CT molecular complexity index is 605. The van der Waals surface area contributed by atoms with E-state index in [9.17, 15) is 4.79 Å². The molecule has 0 aliphatic heterocycles. The first kappa shape index (κ1) is 13.2. The molecular formula is C16H21N3O. The number of hydrogen-bond donors (Lipinski definition) is 1. The molecule has 1 fully saturated rings. The first-order valence-electron chi connectivity index (χ1n) is 7.43. The molecular weight excluding hydrogens is 250 g/mol. The van der Waals surface area contributed by atoms with Gasteiger partial charge < -0.3 is 9.88 Å². The SMILES string of the molecule is CC1CCCCC1NC(=O)Cn1cnc2ccccc21. The van der Waals surface area contributed by atoms with Crippen molar-refractivity contribution in [3.05, 3.63) is 30.6 Å². The van der Waals surface area contributed by atoms with Crippen molar-refractivity contribution < 1.29 is 4.79 Å². The van der Waals surface area contributed by atoms with Crippen LogP contribution in [0.2, 0.25) is 0 Å². The van der Waals surface area contributed by atoms with E-state index in [1.807, 2.05) is 28.8 Å². The molecule has 1 aromatic heterocycles. The lowest BCUT2D eigenvalue weighted by molar-refractivity contribution is -0.122. The fourth-order valence-electron chi connectivity index (χ4n) is 3.07. The van der Waals surface area contributed by atoms with Crippen LogP contribution in [-0.2, 0) is 11.3 Å². The molecule has 1 aromatic carbocycles. The predicted molar refractivity (Wildman–Crippen MR) is 79.3 cm³/mol. The fraction of sp³-hybridized carbons (Fsp3) is 0.500. The number of amides is 1. The monoisotopic (exact) mass is 271 g/mol. The molecule has 106 valence electrons. The van der Waals surface area contributed by atoms with E-state index in [1.54, 1.807) is 6.33 Å². The van der Waals surface area contributed by atoms with Crippen LogP contribution < -0.4 is 5.32 Å². The zero-order valence-electron chi connectivity index (χ0n) is 11.9. The quantitative estimate of drug-likeness (QED) is 0.933. The molecule has 2 aromatic rings. The summed E-state index contributed by atoms with van der Waals surface area (Å²) in [4.78, 5) is 16.5. The van der Waals surface area contributed by atoms with Crippen LogP contribution >= 0.6 is 0 Å². The molecule has 0 radical (unpaired) electrons. The Balaban J connectivity index is 1.66. The van der Waals surface area contributed by atoms with Crippen LogP contribution in [0.15, 0.2) is 30.6 Å². The average molecular weight is 271 g/mol. The van der Waals surface area contributed by atoms with Crippen LogP contribution in [0.3, 0.4) is 0 Å². The Labute approximate surface area is 119 Å². The van der Waals surface area contributed by atoms with Crippen molar-refractivity contribution in [1.29, 1.82) is 0 Å². The molecule has 20 heavy (non-hydrogen) atoms. The molecule has 1 heterocycles. The van der Waals surface area contributed by atoms with Gasteiger partial charge in [0.15, 0.2) is 0 Å². The van der Waals surface area contributed by atoms with Crippen LogP contribution in [0.4, 0.5) is 0 Å². The van der Waals surface area contributed by atoms with Gasteiger partial charge in [-0.25, -0.2) is 4.98 Å². The highest BCUT2D eigenvalue weighted by molar-refractivity contribution is 5.80. The third-order valence-corrected chi connectivity index (χ3v) is 4.30. The van der Waals surface area contributed by atoms with Gasteiger partial charge in [0.25, 0.3) is 0 Å². The number of aromatic nitrogens is 2. The number of rotatable bonds is 3. The van der Waals surface area contributed by atoms with Gasteiger partial charge in [-0.15, -0.1) is 0 Å². The molecule has 0 bridgehead atoms.